The Bertz CT molecular complexity index is 250. The molecule has 0 aromatic carbocycles. The lowest BCUT2D eigenvalue weighted by Gasteiger charge is -2.23. The van der Waals surface area contributed by atoms with Gasteiger partial charge in [-0.25, -0.2) is 0 Å². The van der Waals surface area contributed by atoms with Gasteiger partial charge in [-0.1, -0.05) is 12.2 Å². The van der Waals surface area contributed by atoms with Gasteiger partial charge in [0.15, 0.2) is 5.41 Å². The molecule has 0 radical (unpaired) electrons. The van der Waals surface area contributed by atoms with Gasteiger partial charge in [0, 0.05) is 0 Å². The van der Waals surface area contributed by atoms with Crippen molar-refractivity contribution in [2.24, 2.45) is 5.41 Å². The summed E-state index contributed by atoms with van der Waals surface area (Å²) < 4.78 is 9.80. The first-order chi connectivity index (χ1) is 7.52. The molecule has 0 aliphatic rings. The van der Waals surface area contributed by atoms with Gasteiger partial charge in [0.25, 0.3) is 0 Å². The van der Waals surface area contributed by atoms with Crippen molar-refractivity contribution >= 4 is 11.9 Å². The maximum Gasteiger partial charge on any atom is 0.323 e. The van der Waals surface area contributed by atoms with E-state index in [2.05, 4.69) is 0 Å². The van der Waals surface area contributed by atoms with Crippen LogP contribution in [0.2, 0.25) is 0 Å². The van der Waals surface area contributed by atoms with Gasteiger partial charge in [-0.2, -0.15) is 0 Å². The van der Waals surface area contributed by atoms with Gasteiger partial charge >= 0.3 is 11.9 Å². The topological polar surface area (TPSA) is 52.6 Å². The van der Waals surface area contributed by atoms with E-state index in [-0.39, 0.29) is 13.2 Å². The minimum Gasteiger partial charge on any atom is -0.465 e. The quantitative estimate of drug-likeness (QED) is 0.397. The third kappa shape index (κ3) is 3.68. The molecule has 0 saturated heterocycles. The first kappa shape index (κ1) is 14.7. The van der Waals surface area contributed by atoms with Crippen molar-refractivity contribution in [2.45, 2.75) is 34.1 Å². The molecule has 0 spiro atoms. The summed E-state index contributed by atoms with van der Waals surface area (Å²) in [5.74, 6) is -1.07. The Morgan fingerprint density at radius 2 is 1.56 bits per heavy atom. The van der Waals surface area contributed by atoms with E-state index in [1.165, 1.54) is 0 Å². The summed E-state index contributed by atoms with van der Waals surface area (Å²) >= 11 is 0. The molecule has 0 aliphatic carbocycles. The maximum absolute atomic E-state index is 11.7. The Kier molecular flexibility index (Phi) is 6.46. The summed E-state index contributed by atoms with van der Waals surface area (Å²) in [6, 6.07) is 0. The lowest BCUT2D eigenvalue weighted by atomic mass is 9.86. The van der Waals surface area contributed by atoms with Crippen molar-refractivity contribution in [3.8, 4) is 0 Å². The van der Waals surface area contributed by atoms with E-state index in [4.69, 9.17) is 9.47 Å². The first-order valence-corrected chi connectivity index (χ1v) is 5.48. The van der Waals surface area contributed by atoms with E-state index in [9.17, 15) is 9.59 Å². The minimum atomic E-state index is -1.24. The lowest BCUT2D eigenvalue weighted by molar-refractivity contribution is -0.170. The molecule has 0 saturated carbocycles. The smallest absolute Gasteiger partial charge is 0.323 e. The number of carbonyl (C=O) groups is 2. The zero-order chi connectivity index (χ0) is 12.6. The van der Waals surface area contributed by atoms with Crippen LogP contribution in [-0.2, 0) is 19.1 Å². The van der Waals surface area contributed by atoms with E-state index in [0.29, 0.717) is 6.42 Å². The molecule has 0 N–H and O–H groups in total. The van der Waals surface area contributed by atoms with Gasteiger partial charge in [0.2, 0.25) is 0 Å². The summed E-state index contributed by atoms with van der Waals surface area (Å²) in [6.07, 6.45) is 3.84. The largest absolute Gasteiger partial charge is 0.465 e. The van der Waals surface area contributed by atoms with Crippen LogP contribution in [0.3, 0.4) is 0 Å². The highest BCUT2D eigenvalue weighted by Crippen LogP contribution is 2.26. The summed E-state index contributed by atoms with van der Waals surface area (Å²) in [5.41, 5.74) is -1.24. The summed E-state index contributed by atoms with van der Waals surface area (Å²) in [7, 11) is 0. The Morgan fingerprint density at radius 1 is 1.12 bits per heavy atom. The molecule has 0 fully saturated rings. The Labute approximate surface area is 96.6 Å². The maximum atomic E-state index is 11.7. The van der Waals surface area contributed by atoms with Gasteiger partial charge in [-0.3, -0.25) is 9.59 Å². The van der Waals surface area contributed by atoms with Crippen molar-refractivity contribution in [2.75, 3.05) is 13.2 Å². The molecule has 0 aromatic rings. The highest BCUT2D eigenvalue weighted by Gasteiger charge is 2.43. The van der Waals surface area contributed by atoms with Crippen LogP contribution in [0.15, 0.2) is 12.2 Å². The Balaban J connectivity index is 4.85. The van der Waals surface area contributed by atoms with Crippen molar-refractivity contribution in [3.05, 3.63) is 12.2 Å². The van der Waals surface area contributed by atoms with Gasteiger partial charge in [-0.15, -0.1) is 0 Å². The highest BCUT2D eigenvalue weighted by molar-refractivity contribution is 5.99. The monoisotopic (exact) mass is 228 g/mol. The molecule has 0 atom stereocenters. The molecule has 0 bridgehead atoms. The van der Waals surface area contributed by atoms with Gasteiger partial charge in [-0.05, 0) is 34.1 Å². The molecular weight excluding hydrogens is 208 g/mol. The van der Waals surface area contributed by atoms with E-state index < -0.39 is 17.4 Å². The normalized spacial score (nSPS) is 11.5. The number of hydrogen-bond acceptors (Lipinski definition) is 4. The van der Waals surface area contributed by atoms with E-state index in [1.54, 1.807) is 32.9 Å². The van der Waals surface area contributed by atoms with Gasteiger partial charge in [0.1, 0.15) is 0 Å². The fourth-order valence-corrected chi connectivity index (χ4v) is 1.18. The van der Waals surface area contributed by atoms with Crippen molar-refractivity contribution < 1.29 is 19.1 Å². The van der Waals surface area contributed by atoms with Gasteiger partial charge in [0.05, 0.1) is 13.2 Å². The summed E-state index contributed by atoms with van der Waals surface area (Å²) in [5, 5.41) is 0. The summed E-state index contributed by atoms with van der Waals surface area (Å²) in [6.45, 7) is 7.30. The zero-order valence-corrected chi connectivity index (χ0v) is 10.4. The molecule has 0 heterocycles. The molecule has 0 rings (SSSR count). The minimum absolute atomic E-state index is 0.254. The second-order valence-electron chi connectivity index (χ2n) is 3.55. The molecule has 0 aliphatic heterocycles. The zero-order valence-electron chi connectivity index (χ0n) is 10.4. The van der Waals surface area contributed by atoms with Crippen molar-refractivity contribution in [3.63, 3.8) is 0 Å². The molecule has 4 nitrogen and oxygen atoms in total. The van der Waals surface area contributed by atoms with Crippen LogP contribution in [0.25, 0.3) is 0 Å². The Morgan fingerprint density at radius 3 is 1.88 bits per heavy atom. The number of carbonyl (C=O) groups excluding carboxylic acids is 2. The van der Waals surface area contributed by atoms with E-state index in [1.807, 2.05) is 6.92 Å². The number of allylic oxidation sites excluding steroid dienone is 2. The van der Waals surface area contributed by atoms with Crippen molar-refractivity contribution in [1.29, 1.82) is 0 Å². The van der Waals surface area contributed by atoms with E-state index in [0.717, 1.165) is 0 Å². The molecule has 16 heavy (non-hydrogen) atoms. The van der Waals surface area contributed by atoms with Crippen LogP contribution in [0, 0.1) is 5.41 Å². The molecule has 92 valence electrons. The highest BCUT2D eigenvalue weighted by atomic mass is 16.6. The number of esters is 2. The van der Waals surface area contributed by atoms with Crippen molar-refractivity contribution in [1.82, 2.24) is 0 Å². The van der Waals surface area contributed by atoms with Crippen LogP contribution in [0.1, 0.15) is 34.1 Å². The third-order valence-corrected chi connectivity index (χ3v) is 2.21. The number of rotatable bonds is 6. The standard InChI is InChI=1S/C12H20O4/c1-5-8-9-12(4,10(13)15-6-2)11(14)16-7-3/h5,8H,6-7,9H2,1-4H3. The predicted octanol–water partition coefficient (Wildman–Crippen LogP) is 2.09. The van der Waals surface area contributed by atoms with Crippen LogP contribution in [0.5, 0.6) is 0 Å². The Hall–Kier alpha value is -1.32. The lowest BCUT2D eigenvalue weighted by Crippen LogP contribution is -2.39. The first-order valence-electron chi connectivity index (χ1n) is 5.48. The van der Waals surface area contributed by atoms with Crippen LogP contribution < -0.4 is 0 Å². The molecular formula is C12H20O4. The molecule has 0 amide bonds. The number of ether oxygens (including phenoxy) is 2. The predicted molar refractivity (Wildman–Crippen MR) is 60.8 cm³/mol. The van der Waals surface area contributed by atoms with E-state index >= 15 is 0 Å². The SMILES string of the molecule is CC=CCC(C)(C(=O)OCC)C(=O)OCC. The van der Waals surface area contributed by atoms with Crippen LogP contribution in [0.4, 0.5) is 0 Å². The second-order valence-corrected chi connectivity index (χ2v) is 3.55. The van der Waals surface area contributed by atoms with Gasteiger partial charge < -0.3 is 9.47 Å². The second kappa shape index (κ2) is 7.04. The fourth-order valence-electron chi connectivity index (χ4n) is 1.18. The third-order valence-electron chi connectivity index (χ3n) is 2.21. The fraction of sp³-hybridized carbons (Fsp3) is 0.667. The molecule has 0 aromatic heterocycles. The van der Waals surface area contributed by atoms with Crippen LogP contribution in [-0.4, -0.2) is 25.2 Å². The summed E-state index contributed by atoms with van der Waals surface area (Å²) in [4.78, 5) is 23.5. The average molecular weight is 228 g/mol. The molecule has 0 unspecified atom stereocenters. The van der Waals surface area contributed by atoms with Crippen LogP contribution >= 0.6 is 0 Å². The average Bonchev–Trinajstić information content (AvgIpc) is 2.26. The molecule has 4 heteroatoms. The number of hydrogen-bond donors (Lipinski definition) is 0.